The van der Waals surface area contributed by atoms with Crippen LogP contribution >= 0.6 is 11.3 Å². The van der Waals surface area contributed by atoms with Gasteiger partial charge in [-0.2, -0.15) is 0 Å². The lowest BCUT2D eigenvalue weighted by molar-refractivity contribution is 0.0772. The molecule has 1 unspecified atom stereocenters. The maximum Gasteiger partial charge on any atom is 0.410 e. The molecule has 0 bridgehead atoms. The van der Waals surface area contributed by atoms with Crippen molar-refractivity contribution >= 4 is 23.3 Å². The Bertz CT molecular complexity index is 824. The van der Waals surface area contributed by atoms with Crippen LogP contribution in [0.25, 0.3) is 0 Å². The number of rotatable bonds is 6. The van der Waals surface area contributed by atoms with E-state index < -0.39 is 6.09 Å². The minimum absolute atomic E-state index is 0.0671. The molecular formula is C21H25N3O3S. The first-order valence-electron chi connectivity index (χ1n) is 9.69. The minimum atomic E-state index is -0.892. The first kappa shape index (κ1) is 19.0. The molecule has 2 aromatic rings. The van der Waals surface area contributed by atoms with E-state index in [9.17, 15) is 9.59 Å². The first-order valence-corrected chi connectivity index (χ1v) is 10.6. The average Bonchev–Trinajstić information content (AvgIpc) is 3.36. The molecule has 1 aromatic carbocycles. The number of carbonyl (C=O) groups excluding carboxylic acids is 2. The molecule has 3 heterocycles. The van der Waals surface area contributed by atoms with Crippen molar-refractivity contribution in [1.29, 1.82) is 0 Å². The molecule has 28 heavy (non-hydrogen) atoms. The van der Waals surface area contributed by atoms with Gasteiger partial charge in [-0.3, -0.25) is 4.79 Å². The zero-order chi connectivity index (χ0) is 19.5. The molecule has 1 aromatic heterocycles. The molecule has 2 saturated heterocycles. The minimum Gasteiger partial charge on any atom is -0.409 e. The molecule has 2 fully saturated rings. The molecule has 7 heteroatoms. The number of thiophene rings is 1. The number of hydrogen-bond acceptors (Lipinski definition) is 5. The van der Waals surface area contributed by atoms with Crippen LogP contribution in [0.2, 0.25) is 0 Å². The number of amides is 2. The standard InChI is InChI=1S/C21H25N3O3S/c22-21(26)27-19-14-28-13-18(19)20(25)24-11-16-9-23(10-17(16)12-24)8-4-7-15-5-2-1-3-6-15/h1-3,5-6,13-14,16-17H,4,7-12H2,(H2,22,26)/t16-,17?/m0/s1. The van der Waals surface area contributed by atoms with Gasteiger partial charge in [-0.1, -0.05) is 30.3 Å². The van der Waals surface area contributed by atoms with Gasteiger partial charge in [0.15, 0.2) is 5.75 Å². The van der Waals surface area contributed by atoms with Crippen LogP contribution in [-0.4, -0.2) is 54.5 Å². The van der Waals surface area contributed by atoms with E-state index >= 15 is 0 Å². The van der Waals surface area contributed by atoms with E-state index in [2.05, 4.69) is 35.2 Å². The van der Waals surface area contributed by atoms with Crippen molar-refractivity contribution in [3.8, 4) is 5.75 Å². The number of fused-ring (bicyclic) bond motifs is 1. The summed E-state index contributed by atoms with van der Waals surface area (Å²) in [5.41, 5.74) is 6.91. The van der Waals surface area contributed by atoms with E-state index in [1.165, 1.54) is 16.9 Å². The fraction of sp³-hybridized carbons (Fsp3) is 0.429. The number of primary amides is 1. The Balaban J connectivity index is 1.26. The van der Waals surface area contributed by atoms with Crippen molar-refractivity contribution in [3.63, 3.8) is 0 Å². The number of nitrogens with two attached hydrogens (primary N) is 1. The van der Waals surface area contributed by atoms with Gasteiger partial charge >= 0.3 is 6.09 Å². The van der Waals surface area contributed by atoms with Crippen LogP contribution < -0.4 is 10.5 Å². The van der Waals surface area contributed by atoms with Gasteiger partial charge in [0.1, 0.15) is 0 Å². The largest absolute Gasteiger partial charge is 0.410 e. The molecule has 6 nitrogen and oxygen atoms in total. The predicted octanol–water partition coefficient (Wildman–Crippen LogP) is 2.84. The van der Waals surface area contributed by atoms with Crippen molar-refractivity contribution < 1.29 is 14.3 Å². The number of likely N-dealkylation sites (tertiary alicyclic amines) is 2. The Morgan fingerprint density at radius 2 is 1.79 bits per heavy atom. The van der Waals surface area contributed by atoms with Crippen molar-refractivity contribution in [2.45, 2.75) is 12.8 Å². The Labute approximate surface area is 168 Å². The molecule has 0 radical (unpaired) electrons. The third-order valence-corrected chi connectivity index (χ3v) is 6.42. The lowest BCUT2D eigenvalue weighted by Crippen LogP contribution is -2.33. The lowest BCUT2D eigenvalue weighted by Gasteiger charge is -2.21. The van der Waals surface area contributed by atoms with Gasteiger partial charge in [-0.15, -0.1) is 11.3 Å². The number of nitrogens with zero attached hydrogens (tertiary/aromatic N) is 2. The fourth-order valence-corrected chi connectivity index (χ4v) is 5.11. The quantitative estimate of drug-likeness (QED) is 0.810. The summed E-state index contributed by atoms with van der Waals surface area (Å²) < 4.78 is 4.95. The summed E-state index contributed by atoms with van der Waals surface area (Å²) in [6.07, 6.45) is 1.38. The predicted molar refractivity (Wildman–Crippen MR) is 109 cm³/mol. The smallest absolute Gasteiger partial charge is 0.409 e. The van der Waals surface area contributed by atoms with E-state index in [4.69, 9.17) is 10.5 Å². The monoisotopic (exact) mass is 399 g/mol. The normalized spacial score (nSPS) is 21.6. The maximum atomic E-state index is 12.8. The topological polar surface area (TPSA) is 75.9 Å². The van der Waals surface area contributed by atoms with Gasteiger partial charge in [-0.05, 0) is 36.8 Å². The second kappa shape index (κ2) is 8.32. The van der Waals surface area contributed by atoms with Crippen LogP contribution in [-0.2, 0) is 6.42 Å². The summed E-state index contributed by atoms with van der Waals surface area (Å²) >= 11 is 1.34. The summed E-state index contributed by atoms with van der Waals surface area (Å²) in [6, 6.07) is 10.6. The van der Waals surface area contributed by atoms with Gasteiger partial charge in [0.25, 0.3) is 5.91 Å². The number of ether oxygens (including phenoxy) is 1. The highest BCUT2D eigenvalue weighted by Gasteiger charge is 2.41. The molecule has 2 aliphatic rings. The van der Waals surface area contributed by atoms with Gasteiger partial charge in [0.2, 0.25) is 0 Å². The SMILES string of the molecule is NC(=O)Oc1cscc1C(=O)N1CC2CN(CCCc3ccccc3)C[C@H]2C1. The molecule has 2 atom stereocenters. The average molecular weight is 400 g/mol. The second-order valence-corrected chi connectivity index (χ2v) is 8.39. The molecule has 4 rings (SSSR count). The Kier molecular flexibility index (Phi) is 5.64. The Morgan fingerprint density at radius 3 is 2.46 bits per heavy atom. The number of benzene rings is 1. The fourth-order valence-electron chi connectivity index (χ4n) is 4.39. The van der Waals surface area contributed by atoms with Gasteiger partial charge in [-0.25, -0.2) is 4.79 Å². The van der Waals surface area contributed by atoms with E-state index in [-0.39, 0.29) is 11.7 Å². The zero-order valence-electron chi connectivity index (χ0n) is 15.8. The molecule has 2 aliphatic heterocycles. The Morgan fingerprint density at radius 1 is 1.07 bits per heavy atom. The second-order valence-electron chi connectivity index (χ2n) is 7.65. The van der Waals surface area contributed by atoms with Crippen molar-refractivity contribution in [2.75, 3.05) is 32.7 Å². The van der Waals surface area contributed by atoms with Crippen LogP contribution in [0.1, 0.15) is 22.3 Å². The third kappa shape index (κ3) is 4.20. The van der Waals surface area contributed by atoms with Crippen molar-refractivity contribution in [1.82, 2.24) is 9.80 Å². The summed E-state index contributed by atoms with van der Waals surface area (Å²) in [6.45, 7) is 4.75. The molecule has 0 saturated carbocycles. The van der Waals surface area contributed by atoms with Gasteiger partial charge in [0, 0.05) is 36.9 Å². The number of aryl methyl sites for hydroxylation is 1. The highest BCUT2D eigenvalue weighted by molar-refractivity contribution is 7.08. The maximum absolute atomic E-state index is 12.8. The first-order chi connectivity index (χ1) is 13.6. The molecule has 2 amide bonds. The summed E-state index contributed by atoms with van der Waals surface area (Å²) in [7, 11) is 0. The lowest BCUT2D eigenvalue weighted by atomic mass is 10.0. The summed E-state index contributed by atoms with van der Waals surface area (Å²) in [4.78, 5) is 28.3. The van der Waals surface area contributed by atoms with Crippen molar-refractivity contribution in [2.24, 2.45) is 17.6 Å². The molecule has 0 aliphatic carbocycles. The number of hydrogen-bond donors (Lipinski definition) is 1. The van der Waals surface area contributed by atoms with Crippen LogP contribution in [0.4, 0.5) is 4.79 Å². The molecule has 148 valence electrons. The van der Waals surface area contributed by atoms with Crippen LogP contribution in [0, 0.1) is 11.8 Å². The van der Waals surface area contributed by atoms with Gasteiger partial charge in [0.05, 0.1) is 5.56 Å². The zero-order valence-corrected chi connectivity index (χ0v) is 16.6. The van der Waals surface area contributed by atoms with E-state index in [1.807, 2.05) is 4.90 Å². The third-order valence-electron chi connectivity index (χ3n) is 5.70. The van der Waals surface area contributed by atoms with Crippen LogP contribution in [0.15, 0.2) is 41.1 Å². The van der Waals surface area contributed by atoms with Gasteiger partial charge < -0.3 is 20.3 Å². The van der Waals surface area contributed by atoms with Crippen LogP contribution in [0.3, 0.4) is 0 Å². The summed E-state index contributed by atoms with van der Waals surface area (Å²) in [5.74, 6) is 1.25. The Hall–Kier alpha value is -2.38. The van der Waals surface area contributed by atoms with E-state index in [0.717, 1.165) is 45.6 Å². The number of carbonyl (C=O) groups is 2. The summed E-state index contributed by atoms with van der Waals surface area (Å²) in [5, 5.41) is 3.37. The van der Waals surface area contributed by atoms with E-state index in [1.54, 1.807) is 10.8 Å². The molecule has 2 N–H and O–H groups in total. The highest BCUT2D eigenvalue weighted by atomic mass is 32.1. The molecular weight excluding hydrogens is 374 g/mol. The van der Waals surface area contributed by atoms with Crippen molar-refractivity contribution in [3.05, 3.63) is 52.2 Å². The molecule has 0 spiro atoms. The van der Waals surface area contributed by atoms with Crippen LogP contribution in [0.5, 0.6) is 5.75 Å². The highest BCUT2D eigenvalue weighted by Crippen LogP contribution is 2.34. The van der Waals surface area contributed by atoms with E-state index in [0.29, 0.717) is 17.4 Å².